The predicted octanol–water partition coefficient (Wildman–Crippen LogP) is 4.46. The van der Waals surface area contributed by atoms with Gasteiger partial charge in [-0.25, -0.2) is 4.39 Å². The van der Waals surface area contributed by atoms with Crippen molar-refractivity contribution in [2.75, 3.05) is 6.54 Å². The zero-order valence-electron chi connectivity index (χ0n) is 10.8. The smallest absolute Gasteiger partial charge is 0.123 e. The Morgan fingerprint density at radius 1 is 1.37 bits per heavy atom. The van der Waals surface area contributed by atoms with Crippen LogP contribution in [0.4, 0.5) is 4.39 Å². The lowest BCUT2D eigenvalue weighted by Crippen LogP contribution is -2.24. The first-order valence-corrected chi connectivity index (χ1v) is 7.20. The molecule has 0 bridgehead atoms. The Morgan fingerprint density at radius 3 is 2.89 bits per heavy atom. The average molecular weight is 326 g/mol. The van der Waals surface area contributed by atoms with Crippen molar-refractivity contribution >= 4 is 15.9 Å². The Balaban J connectivity index is 2.23. The number of furan rings is 1. The summed E-state index contributed by atoms with van der Waals surface area (Å²) in [4.78, 5) is 0. The summed E-state index contributed by atoms with van der Waals surface area (Å²) in [5.41, 5.74) is 0.921. The molecule has 102 valence electrons. The molecule has 0 radical (unpaired) electrons. The average Bonchev–Trinajstić information content (AvgIpc) is 2.90. The second kappa shape index (κ2) is 6.87. The third kappa shape index (κ3) is 3.91. The molecule has 2 aromatic rings. The van der Waals surface area contributed by atoms with Crippen LogP contribution in [0.2, 0.25) is 0 Å². The van der Waals surface area contributed by atoms with Gasteiger partial charge >= 0.3 is 0 Å². The Labute approximate surface area is 121 Å². The molecule has 1 unspecified atom stereocenters. The first-order valence-electron chi connectivity index (χ1n) is 6.41. The molecular formula is C15H17BrFNO. The molecule has 4 heteroatoms. The highest BCUT2D eigenvalue weighted by Gasteiger charge is 2.16. The number of benzene rings is 1. The van der Waals surface area contributed by atoms with E-state index in [1.807, 2.05) is 12.1 Å². The van der Waals surface area contributed by atoms with E-state index in [4.69, 9.17) is 4.42 Å². The van der Waals surface area contributed by atoms with Crippen molar-refractivity contribution in [1.29, 1.82) is 0 Å². The quantitative estimate of drug-likeness (QED) is 0.847. The molecule has 1 N–H and O–H groups in total. The molecule has 0 amide bonds. The van der Waals surface area contributed by atoms with Crippen LogP contribution < -0.4 is 5.32 Å². The summed E-state index contributed by atoms with van der Waals surface area (Å²) in [6.45, 7) is 2.99. The highest BCUT2D eigenvalue weighted by atomic mass is 79.9. The summed E-state index contributed by atoms with van der Waals surface area (Å²) in [7, 11) is 0. The zero-order chi connectivity index (χ0) is 13.7. The first kappa shape index (κ1) is 14.3. The van der Waals surface area contributed by atoms with E-state index in [1.165, 1.54) is 6.07 Å². The van der Waals surface area contributed by atoms with Crippen LogP contribution in [-0.4, -0.2) is 6.54 Å². The minimum absolute atomic E-state index is 0.0381. The topological polar surface area (TPSA) is 25.2 Å². The normalized spacial score (nSPS) is 12.6. The van der Waals surface area contributed by atoms with Gasteiger partial charge < -0.3 is 9.73 Å². The Kier molecular flexibility index (Phi) is 5.16. The molecule has 1 aromatic heterocycles. The van der Waals surface area contributed by atoms with Gasteiger partial charge in [0.1, 0.15) is 11.6 Å². The second-order valence-electron chi connectivity index (χ2n) is 4.46. The molecule has 0 spiro atoms. The summed E-state index contributed by atoms with van der Waals surface area (Å²) in [6.07, 6.45) is 3.39. The monoisotopic (exact) mass is 325 g/mol. The molecule has 0 fully saturated rings. The number of halogens is 2. The van der Waals surface area contributed by atoms with Crippen LogP contribution in [0.5, 0.6) is 0 Å². The highest BCUT2D eigenvalue weighted by Crippen LogP contribution is 2.27. The number of hydrogen-bond donors (Lipinski definition) is 1. The summed E-state index contributed by atoms with van der Waals surface area (Å²) in [5.74, 6) is 0.672. The van der Waals surface area contributed by atoms with E-state index < -0.39 is 0 Å². The van der Waals surface area contributed by atoms with Gasteiger partial charge in [0.05, 0.1) is 6.26 Å². The standard InChI is InChI=1S/C15H17BrFNO/c1-2-7-18-15(10-12-4-3-8-19-12)13-9-11(17)5-6-14(13)16/h3-6,8-9,15,18H,2,7,10H2,1H3. The minimum atomic E-state index is -0.221. The molecular weight excluding hydrogens is 309 g/mol. The maximum Gasteiger partial charge on any atom is 0.123 e. The fourth-order valence-corrected chi connectivity index (χ4v) is 2.55. The van der Waals surface area contributed by atoms with Crippen LogP contribution in [0.1, 0.15) is 30.7 Å². The molecule has 19 heavy (non-hydrogen) atoms. The molecule has 2 rings (SSSR count). The Morgan fingerprint density at radius 2 is 2.21 bits per heavy atom. The molecule has 0 aliphatic rings. The summed E-state index contributed by atoms with van der Waals surface area (Å²) >= 11 is 3.49. The van der Waals surface area contributed by atoms with E-state index in [2.05, 4.69) is 28.2 Å². The van der Waals surface area contributed by atoms with Crippen LogP contribution in [0.3, 0.4) is 0 Å². The van der Waals surface area contributed by atoms with Gasteiger partial charge in [-0.05, 0) is 48.9 Å². The van der Waals surface area contributed by atoms with Crippen molar-refractivity contribution in [3.63, 3.8) is 0 Å². The lowest BCUT2D eigenvalue weighted by atomic mass is 10.0. The predicted molar refractivity (Wildman–Crippen MR) is 77.5 cm³/mol. The largest absolute Gasteiger partial charge is 0.469 e. The third-order valence-corrected chi connectivity index (χ3v) is 3.68. The number of rotatable bonds is 6. The number of hydrogen-bond acceptors (Lipinski definition) is 2. The lowest BCUT2D eigenvalue weighted by molar-refractivity contribution is 0.447. The fraction of sp³-hybridized carbons (Fsp3) is 0.333. The Hall–Kier alpha value is -1.13. The minimum Gasteiger partial charge on any atom is -0.469 e. The summed E-state index contributed by atoms with van der Waals surface area (Å²) in [6, 6.07) is 8.61. The van der Waals surface area contributed by atoms with Crippen molar-refractivity contribution in [2.45, 2.75) is 25.8 Å². The molecule has 0 aliphatic heterocycles. The van der Waals surface area contributed by atoms with Crippen molar-refractivity contribution in [1.82, 2.24) is 5.32 Å². The van der Waals surface area contributed by atoms with E-state index in [0.29, 0.717) is 6.42 Å². The van der Waals surface area contributed by atoms with E-state index in [0.717, 1.165) is 28.8 Å². The van der Waals surface area contributed by atoms with Gasteiger partial charge in [-0.1, -0.05) is 22.9 Å². The number of nitrogens with one attached hydrogen (secondary N) is 1. The lowest BCUT2D eigenvalue weighted by Gasteiger charge is -2.19. The highest BCUT2D eigenvalue weighted by molar-refractivity contribution is 9.10. The van der Waals surface area contributed by atoms with Crippen molar-refractivity contribution in [2.24, 2.45) is 0 Å². The molecule has 0 saturated heterocycles. The SMILES string of the molecule is CCCNC(Cc1ccco1)c1cc(F)ccc1Br. The molecule has 0 saturated carbocycles. The molecule has 1 atom stereocenters. The third-order valence-electron chi connectivity index (χ3n) is 2.96. The van der Waals surface area contributed by atoms with Crippen LogP contribution in [0.15, 0.2) is 45.5 Å². The van der Waals surface area contributed by atoms with Gasteiger partial charge in [-0.2, -0.15) is 0 Å². The van der Waals surface area contributed by atoms with E-state index in [1.54, 1.807) is 18.4 Å². The maximum absolute atomic E-state index is 13.4. The van der Waals surface area contributed by atoms with Gasteiger partial charge in [-0.3, -0.25) is 0 Å². The molecule has 1 aromatic carbocycles. The van der Waals surface area contributed by atoms with Crippen molar-refractivity contribution in [3.05, 3.63) is 58.2 Å². The van der Waals surface area contributed by atoms with Crippen molar-refractivity contribution in [3.8, 4) is 0 Å². The molecule has 1 heterocycles. The van der Waals surface area contributed by atoms with E-state index >= 15 is 0 Å². The maximum atomic E-state index is 13.4. The molecule has 2 nitrogen and oxygen atoms in total. The van der Waals surface area contributed by atoms with Crippen LogP contribution in [0, 0.1) is 5.82 Å². The van der Waals surface area contributed by atoms with Crippen LogP contribution >= 0.6 is 15.9 Å². The van der Waals surface area contributed by atoms with Gasteiger partial charge in [0.15, 0.2) is 0 Å². The summed E-state index contributed by atoms with van der Waals surface area (Å²) < 4.78 is 19.7. The molecule has 0 aliphatic carbocycles. The van der Waals surface area contributed by atoms with Gasteiger partial charge in [0, 0.05) is 16.9 Å². The zero-order valence-corrected chi connectivity index (χ0v) is 12.4. The second-order valence-corrected chi connectivity index (χ2v) is 5.31. The van der Waals surface area contributed by atoms with Gasteiger partial charge in [0.2, 0.25) is 0 Å². The summed E-state index contributed by atoms with van der Waals surface area (Å²) in [5, 5.41) is 3.44. The first-order chi connectivity index (χ1) is 9.20. The van der Waals surface area contributed by atoms with Gasteiger partial charge in [-0.15, -0.1) is 0 Å². The van der Waals surface area contributed by atoms with Crippen LogP contribution in [-0.2, 0) is 6.42 Å². The van der Waals surface area contributed by atoms with Crippen molar-refractivity contribution < 1.29 is 8.81 Å². The van der Waals surface area contributed by atoms with Crippen LogP contribution in [0.25, 0.3) is 0 Å². The van der Waals surface area contributed by atoms with E-state index in [-0.39, 0.29) is 11.9 Å². The Bertz CT molecular complexity index is 513. The fourth-order valence-electron chi connectivity index (χ4n) is 2.02. The van der Waals surface area contributed by atoms with E-state index in [9.17, 15) is 4.39 Å². The van der Waals surface area contributed by atoms with Gasteiger partial charge in [0.25, 0.3) is 0 Å².